The van der Waals surface area contributed by atoms with Crippen LogP contribution in [0.5, 0.6) is 0 Å². The molecule has 0 saturated heterocycles. The Morgan fingerprint density at radius 1 is 1.32 bits per heavy atom. The van der Waals surface area contributed by atoms with Crippen LogP contribution in [0.1, 0.15) is 18.1 Å². The summed E-state index contributed by atoms with van der Waals surface area (Å²) in [4.78, 5) is 0. The summed E-state index contributed by atoms with van der Waals surface area (Å²) in [6.07, 6.45) is 8.25. The molecule has 1 aromatic carbocycles. The van der Waals surface area contributed by atoms with Gasteiger partial charge < -0.3 is 5.32 Å². The van der Waals surface area contributed by atoms with Gasteiger partial charge in [0.05, 0.1) is 12.7 Å². The topological polar surface area (TPSA) is 29.9 Å². The molecule has 0 amide bonds. The van der Waals surface area contributed by atoms with Crippen LogP contribution in [-0.2, 0) is 6.54 Å². The molecule has 0 radical (unpaired) electrons. The predicted molar refractivity (Wildman–Crippen MR) is 79.9 cm³/mol. The van der Waals surface area contributed by atoms with Gasteiger partial charge >= 0.3 is 0 Å². The van der Waals surface area contributed by atoms with Crippen LogP contribution in [-0.4, -0.2) is 22.4 Å². The van der Waals surface area contributed by atoms with Crippen molar-refractivity contribution in [3.63, 3.8) is 0 Å². The molecule has 1 atom stereocenters. The lowest BCUT2D eigenvalue weighted by atomic mass is 10.2. The smallest absolute Gasteiger partial charge is 0.0560 e. The fraction of sp³-hybridized carbons (Fsp3) is 0.312. The van der Waals surface area contributed by atoms with Crippen LogP contribution >= 0.6 is 0 Å². The van der Waals surface area contributed by atoms with E-state index in [0.29, 0.717) is 6.04 Å². The number of benzene rings is 1. The van der Waals surface area contributed by atoms with E-state index in [2.05, 4.69) is 66.9 Å². The maximum atomic E-state index is 4.29. The van der Waals surface area contributed by atoms with E-state index in [1.165, 1.54) is 11.1 Å². The van der Waals surface area contributed by atoms with Crippen molar-refractivity contribution in [2.45, 2.75) is 26.4 Å². The van der Waals surface area contributed by atoms with E-state index >= 15 is 0 Å². The molecule has 2 rings (SSSR count). The first-order valence-corrected chi connectivity index (χ1v) is 6.68. The molecule has 2 aromatic rings. The second-order valence-corrected chi connectivity index (χ2v) is 4.86. The molecule has 0 unspecified atom stereocenters. The number of aromatic nitrogens is 2. The Bertz CT molecular complexity index is 514. The quantitative estimate of drug-likeness (QED) is 0.860. The van der Waals surface area contributed by atoms with Gasteiger partial charge in [0, 0.05) is 18.8 Å². The van der Waals surface area contributed by atoms with Gasteiger partial charge in [0.1, 0.15) is 0 Å². The lowest BCUT2D eigenvalue weighted by molar-refractivity contribution is 0.468. The Balaban J connectivity index is 1.72. The van der Waals surface area contributed by atoms with Crippen LogP contribution < -0.4 is 5.32 Å². The van der Waals surface area contributed by atoms with Gasteiger partial charge in [-0.3, -0.25) is 4.68 Å². The molecule has 0 fully saturated rings. The largest absolute Gasteiger partial charge is 0.309 e. The molecule has 0 bridgehead atoms. The highest BCUT2D eigenvalue weighted by Crippen LogP contribution is 2.00. The van der Waals surface area contributed by atoms with Gasteiger partial charge in [-0.05, 0) is 25.0 Å². The highest BCUT2D eigenvalue weighted by Gasteiger charge is 2.01. The van der Waals surface area contributed by atoms with E-state index in [-0.39, 0.29) is 0 Å². The second-order valence-electron chi connectivity index (χ2n) is 4.86. The Morgan fingerprint density at radius 2 is 2.11 bits per heavy atom. The Kier molecular flexibility index (Phi) is 4.93. The molecule has 0 spiro atoms. The molecular weight excluding hydrogens is 234 g/mol. The van der Waals surface area contributed by atoms with Gasteiger partial charge in [0.15, 0.2) is 0 Å². The van der Waals surface area contributed by atoms with E-state index in [4.69, 9.17) is 0 Å². The zero-order valence-corrected chi connectivity index (χ0v) is 11.6. The maximum Gasteiger partial charge on any atom is 0.0560 e. The highest BCUT2D eigenvalue weighted by molar-refractivity contribution is 5.48. The van der Waals surface area contributed by atoms with Crippen molar-refractivity contribution in [3.05, 3.63) is 59.9 Å². The molecule has 0 aliphatic carbocycles. The molecule has 19 heavy (non-hydrogen) atoms. The molecule has 0 saturated carbocycles. The minimum absolute atomic E-state index is 0.403. The Morgan fingerprint density at radius 3 is 2.79 bits per heavy atom. The summed E-state index contributed by atoms with van der Waals surface area (Å²) < 4.78 is 1.98. The van der Waals surface area contributed by atoms with Gasteiger partial charge in [0.2, 0.25) is 0 Å². The number of rotatable bonds is 6. The van der Waals surface area contributed by atoms with Crippen LogP contribution in [0.25, 0.3) is 6.08 Å². The lowest BCUT2D eigenvalue weighted by Crippen LogP contribution is -2.30. The minimum Gasteiger partial charge on any atom is -0.309 e. The SMILES string of the molecule is Cc1cnn(C[C@H](C)NC/C=C/c2ccccc2)c1. The third kappa shape index (κ3) is 4.72. The summed E-state index contributed by atoms with van der Waals surface area (Å²) in [6, 6.07) is 10.7. The summed E-state index contributed by atoms with van der Waals surface area (Å²) >= 11 is 0. The summed E-state index contributed by atoms with van der Waals surface area (Å²) in [6.45, 7) is 6.00. The van der Waals surface area contributed by atoms with E-state index in [0.717, 1.165) is 13.1 Å². The molecule has 0 aliphatic rings. The summed E-state index contributed by atoms with van der Waals surface area (Å²) in [7, 11) is 0. The first-order valence-electron chi connectivity index (χ1n) is 6.68. The molecule has 1 heterocycles. The standard InChI is InChI=1S/C16H21N3/c1-14-11-18-19(12-14)13-15(2)17-10-6-9-16-7-4-3-5-8-16/h3-9,11-12,15,17H,10,13H2,1-2H3/b9-6+/t15-/m0/s1. The molecule has 1 aromatic heterocycles. The van der Waals surface area contributed by atoms with Gasteiger partial charge in [-0.2, -0.15) is 5.10 Å². The normalized spacial score (nSPS) is 12.9. The summed E-state index contributed by atoms with van der Waals surface area (Å²) in [5.41, 5.74) is 2.44. The number of nitrogens with one attached hydrogen (secondary N) is 1. The van der Waals surface area contributed by atoms with Crippen LogP contribution in [0.15, 0.2) is 48.8 Å². The van der Waals surface area contributed by atoms with Gasteiger partial charge in [-0.25, -0.2) is 0 Å². The van der Waals surface area contributed by atoms with E-state index in [1.54, 1.807) is 0 Å². The Labute approximate surface area is 115 Å². The monoisotopic (exact) mass is 255 g/mol. The summed E-state index contributed by atoms with van der Waals surface area (Å²) in [5.74, 6) is 0. The predicted octanol–water partition coefficient (Wildman–Crippen LogP) is 2.88. The molecular formula is C16H21N3. The first kappa shape index (κ1) is 13.6. The van der Waals surface area contributed by atoms with Crippen LogP contribution in [0.2, 0.25) is 0 Å². The number of nitrogens with zero attached hydrogens (tertiary/aromatic N) is 2. The van der Waals surface area contributed by atoms with Crippen LogP contribution in [0, 0.1) is 6.92 Å². The Hall–Kier alpha value is -1.87. The van der Waals surface area contributed by atoms with Crippen molar-refractivity contribution in [2.24, 2.45) is 0 Å². The van der Waals surface area contributed by atoms with Crippen molar-refractivity contribution in [1.29, 1.82) is 0 Å². The van der Waals surface area contributed by atoms with Crippen molar-refractivity contribution < 1.29 is 0 Å². The van der Waals surface area contributed by atoms with Crippen LogP contribution in [0.4, 0.5) is 0 Å². The van der Waals surface area contributed by atoms with Gasteiger partial charge in [-0.15, -0.1) is 0 Å². The highest BCUT2D eigenvalue weighted by atomic mass is 15.3. The maximum absolute atomic E-state index is 4.29. The van der Waals surface area contributed by atoms with Crippen molar-refractivity contribution in [2.75, 3.05) is 6.54 Å². The summed E-state index contributed by atoms with van der Waals surface area (Å²) in [5, 5.41) is 7.75. The van der Waals surface area contributed by atoms with Gasteiger partial charge in [-0.1, -0.05) is 42.5 Å². The van der Waals surface area contributed by atoms with Crippen molar-refractivity contribution >= 4 is 6.08 Å². The number of hydrogen-bond acceptors (Lipinski definition) is 2. The minimum atomic E-state index is 0.403. The van der Waals surface area contributed by atoms with Crippen molar-refractivity contribution in [3.8, 4) is 0 Å². The fourth-order valence-corrected chi connectivity index (χ4v) is 1.94. The van der Waals surface area contributed by atoms with E-state index in [9.17, 15) is 0 Å². The molecule has 100 valence electrons. The average molecular weight is 255 g/mol. The first-order chi connectivity index (χ1) is 9.24. The number of hydrogen-bond donors (Lipinski definition) is 1. The number of aryl methyl sites for hydroxylation is 1. The second kappa shape index (κ2) is 6.90. The van der Waals surface area contributed by atoms with Crippen LogP contribution in [0.3, 0.4) is 0 Å². The molecule has 3 heteroatoms. The zero-order chi connectivity index (χ0) is 13.5. The average Bonchev–Trinajstić information content (AvgIpc) is 2.81. The third-order valence-corrected chi connectivity index (χ3v) is 2.92. The third-order valence-electron chi connectivity index (χ3n) is 2.92. The zero-order valence-electron chi connectivity index (χ0n) is 11.6. The molecule has 0 aliphatic heterocycles. The van der Waals surface area contributed by atoms with Gasteiger partial charge in [0.25, 0.3) is 0 Å². The fourth-order valence-electron chi connectivity index (χ4n) is 1.94. The van der Waals surface area contributed by atoms with E-state index < -0.39 is 0 Å². The van der Waals surface area contributed by atoms with E-state index in [1.807, 2.05) is 16.9 Å². The molecule has 1 N–H and O–H groups in total. The lowest BCUT2D eigenvalue weighted by Gasteiger charge is -2.12. The molecule has 3 nitrogen and oxygen atoms in total. The van der Waals surface area contributed by atoms with Crippen molar-refractivity contribution in [1.82, 2.24) is 15.1 Å².